The maximum atomic E-state index is 11.0. The van der Waals surface area contributed by atoms with Crippen LogP contribution < -0.4 is 12.4 Å². The van der Waals surface area contributed by atoms with Crippen LogP contribution in [0.5, 0.6) is 0 Å². The molecule has 0 saturated carbocycles. The molecule has 0 aromatic rings. The minimum atomic E-state index is 0. The van der Waals surface area contributed by atoms with Crippen molar-refractivity contribution in [3.63, 3.8) is 0 Å². The predicted molar refractivity (Wildman–Crippen MR) is 39.5 cm³/mol. The lowest BCUT2D eigenvalue weighted by Gasteiger charge is -2.19. The molecule has 3 nitrogen and oxygen atoms in total. The Morgan fingerprint density at radius 2 is 2.18 bits per heavy atom. The summed E-state index contributed by atoms with van der Waals surface area (Å²) in [6.45, 7) is 1.72. The predicted octanol–water partition coefficient (Wildman–Crippen LogP) is -2.87. The zero-order valence-electron chi connectivity index (χ0n) is 7.01. The maximum absolute atomic E-state index is 11.0. The molecule has 0 aromatic heterocycles. The van der Waals surface area contributed by atoms with Gasteiger partial charge in [0.05, 0.1) is 6.67 Å². The standard InChI is InChI=1S/C7H14N2O.ClH/c1-8(2)6-9-5-3-4-7(9)10;/h3-6H2,1-2H3;1H/p-1. The van der Waals surface area contributed by atoms with Gasteiger partial charge in [-0.2, -0.15) is 0 Å². The Labute approximate surface area is 73.8 Å². The number of amides is 1. The minimum absolute atomic E-state index is 0. The number of hydrogen-bond acceptors (Lipinski definition) is 2. The summed E-state index contributed by atoms with van der Waals surface area (Å²) in [6, 6.07) is 0. The van der Waals surface area contributed by atoms with E-state index in [4.69, 9.17) is 0 Å². The molecule has 1 aliphatic rings. The van der Waals surface area contributed by atoms with Crippen molar-refractivity contribution < 1.29 is 17.2 Å². The van der Waals surface area contributed by atoms with Gasteiger partial charge in [-0.15, -0.1) is 0 Å². The third-order valence-corrected chi connectivity index (χ3v) is 1.62. The Balaban J connectivity index is 0.000001000. The van der Waals surface area contributed by atoms with Gasteiger partial charge in [-0.1, -0.05) is 0 Å². The molecule has 1 fully saturated rings. The topological polar surface area (TPSA) is 23.6 Å². The van der Waals surface area contributed by atoms with Crippen molar-refractivity contribution in [3.05, 3.63) is 0 Å². The molecule has 1 rings (SSSR count). The molecule has 4 heteroatoms. The van der Waals surface area contributed by atoms with Crippen molar-refractivity contribution in [2.75, 3.05) is 27.3 Å². The molecular weight excluding hydrogens is 164 g/mol. The number of rotatable bonds is 2. The molecular formula is C7H14ClN2O-. The van der Waals surface area contributed by atoms with Gasteiger partial charge < -0.3 is 17.3 Å². The third kappa shape index (κ3) is 3.08. The summed E-state index contributed by atoms with van der Waals surface area (Å²) in [5, 5.41) is 0. The first-order valence-electron chi connectivity index (χ1n) is 3.62. The molecule has 0 spiro atoms. The lowest BCUT2D eigenvalue weighted by atomic mass is 10.4. The van der Waals surface area contributed by atoms with Gasteiger partial charge in [-0.3, -0.25) is 9.69 Å². The monoisotopic (exact) mass is 177 g/mol. The molecule has 0 aliphatic carbocycles. The van der Waals surface area contributed by atoms with Crippen molar-refractivity contribution in [3.8, 4) is 0 Å². The van der Waals surface area contributed by atoms with Gasteiger partial charge in [-0.05, 0) is 20.5 Å². The lowest BCUT2D eigenvalue weighted by Crippen LogP contribution is -3.00. The molecule has 0 aromatic carbocycles. The van der Waals surface area contributed by atoms with Gasteiger partial charge in [0.2, 0.25) is 5.91 Å². The molecule has 11 heavy (non-hydrogen) atoms. The fraction of sp³-hybridized carbons (Fsp3) is 0.857. The second kappa shape index (κ2) is 4.57. The second-order valence-corrected chi connectivity index (χ2v) is 2.98. The highest BCUT2D eigenvalue weighted by atomic mass is 35.5. The fourth-order valence-corrected chi connectivity index (χ4v) is 1.19. The Bertz CT molecular complexity index is 138. The number of likely N-dealkylation sites (tertiary alicyclic amines) is 1. The summed E-state index contributed by atoms with van der Waals surface area (Å²) in [5.41, 5.74) is 0. The van der Waals surface area contributed by atoms with Crippen LogP contribution in [0.3, 0.4) is 0 Å². The van der Waals surface area contributed by atoms with E-state index in [1.807, 2.05) is 23.9 Å². The van der Waals surface area contributed by atoms with Crippen LogP contribution in [-0.2, 0) is 4.79 Å². The van der Waals surface area contributed by atoms with E-state index in [0.29, 0.717) is 5.91 Å². The van der Waals surface area contributed by atoms with Crippen LogP contribution in [0.1, 0.15) is 12.8 Å². The van der Waals surface area contributed by atoms with Crippen LogP contribution in [0.4, 0.5) is 0 Å². The van der Waals surface area contributed by atoms with Crippen molar-refractivity contribution in [1.82, 2.24) is 9.80 Å². The van der Waals surface area contributed by atoms with Crippen LogP contribution >= 0.6 is 0 Å². The van der Waals surface area contributed by atoms with E-state index in [9.17, 15) is 4.79 Å². The van der Waals surface area contributed by atoms with E-state index in [-0.39, 0.29) is 12.4 Å². The van der Waals surface area contributed by atoms with Crippen molar-refractivity contribution >= 4 is 5.91 Å². The van der Waals surface area contributed by atoms with Gasteiger partial charge >= 0.3 is 0 Å². The number of halogens is 1. The highest BCUT2D eigenvalue weighted by molar-refractivity contribution is 5.77. The average molecular weight is 178 g/mol. The Morgan fingerprint density at radius 3 is 2.55 bits per heavy atom. The van der Waals surface area contributed by atoms with E-state index >= 15 is 0 Å². The van der Waals surface area contributed by atoms with Crippen LogP contribution in [0, 0.1) is 0 Å². The lowest BCUT2D eigenvalue weighted by molar-refractivity contribution is -0.129. The van der Waals surface area contributed by atoms with Gasteiger partial charge in [0, 0.05) is 13.0 Å². The summed E-state index contributed by atoms with van der Waals surface area (Å²) in [7, 11) is 3.96. The normalized spacial score (nSPS) is 17.4. The molecule has 0 radical (unpaired) electrons. The average Bonchev–Trinajstić information content (AvgIpc) is 2.15. The summed E-state index contributed by atoms with van der Waals surface area (Å²) in [5.74, 6) is 0.300. The molecule has 0 bridgehead atoms. The molecule has 0 N–H and O–H groups in total. The number of carbonyl (C=O) groups excluding carboxylic acids is 1. The van der Waals surface area contributed by atoms with E-state index in [1.165, 1.54) is 0 Å². The highest BCUT2D eigenvalue weighted by Crippen LogP contribution is 2.08. The van der Waals surface area contributed by atoms with Crippen molar-refractivity contribution in [1.29, 1.82) is 0 Å². The van der Waals surface area contributed by atoms with E-state index in [2.05, 4.69) is 0 Å². The summed E-state index contributed by atoms with van der Waals surface area (Å²) >= 11 is 0. The zero-order chi connectivity index (χ0) is 7.56. The third-order valence-electron chi connectivity index (χ3n) is 1.62. The zero-order valence-corrected chi connectivity index (χ0v) is 7.76. The summed E-state index contributed by atoms with van der Waals surface area (Å²) in [4.78, 5) is 14.9. The Morgan fingerprint density at radius 1 is 1.55 bits per heavy atom. The van der Waals surface area contributed by atoms with Gasteiger partial charge in [0.1, 0.15) is 0 Å². The van der Waals surface area contributed by atoms with Crippen LogP contribution in [0.15, 0.2) is 0 Å². The smallest absolute Gasteiger partial charge is 0.223 e. The molecule has 1 heterocycles. The summed E-state index contributed by atoms with van der Waals surface area (Å²) in [6.07, 6.45) is 1.78. The second-order valence-electron chi connectivity index (χ2n) is 2.98. The first-order chi connectivity index (χ1) is 4.70. The quantitative estimate of drug-likeness (QED) is 0.453. The van der Waals surface area contributed by atoms with Crippen LogP contribution in [0.2, 0.25) is 0 Å². The molecule has 1 saturated heterocycles. The summed E-state index contributed by atoms with van der Waals surface area (Å²) < 4.78 is 0. The first-order valence-corrected chi connectivity index (χ1v) is 3.62. The van der Waals surface area contributed by atoms with Crippen molar-refractivity contribution in [2.24, 2.45) is 0 Å². The van der Waals surface area contributed by atoms with Gasteiger partial charge in [-0.25, -0.2) is 0 Å². The molecule has 0 unspecified atom stereocenters. The Kier molecular flexibility index (Phi) is 4.45. The maximum Gasteiger partial charge on any atom is 0.223 e. The minimum Gasteiger partial charge on any atom is -1.00 e. The van der Waals surface area contributed by atoms with Crippen molar-refractivity contribution in [2.45, 2.75) is 12.8 Å². The molecule has 1 aliphatic heterocycles. The Hall–Kier alpha value is -0.280. The largest absolute Gasteiger partial charge is 1.00 e. The molecule has 1 amide bonds. The van der Waals surface area contributed by atoms with E-state index < -0.39 is 0 Å². The number of hydrogen-bond donors (Lipinski definition) is 0. The van der Waals surface area contributed by atoms with E-state index in [0.717, 1.165) is 26.1 Å². The van der Waals surface area contributed by atoms with Crippen LogP contribution in [0.25, 0.3) is 0 Å². The first kappa shape index (κ1) is 10.7. The number of carbonyl (C=O) groups is 1. The SMILES string of the molecule is CN(C)CN1CCCC1=O.[Cl-]. The molecule has 66 valence electrons. The van der Waals surface area contributed by atoms with E-state index in [1.54, 1.807) is 0 Å². The fourth-order valence-electron chi connectivity index (χ4n) is 1.19. The van der Waals surface area contributed by atoms with Gasteiger partial charge in [0.25, 0.3) is 0 Å². The highest BCUT2D eigenvalue weighted by Gasteiger charge is 2.19. The molecule has 0 atom stereocenters. The van der Waals surface area contributed by atoms with Gasteiger partial charge in [0.15, 0.2) is 0 Å². The van der Waals surface area contributed by atoms with Crippen LogP contribution in [-0.4, -0.2) is 43.0 Å². The number of nitrogens with zero attached hydrogens (tertiary/aromatic N) is 2.